The maximum Gasteiger partial charge on any atom is 0.0538 e. The summed E-state index contributed by atoms with van der Waals surface area (Å²) in [6.45, 7) is 7.34. The lowest BCUT2D eigenvalue weighted by molar-refractivity contribution is 0.149. The van der Waals surface area contributed by atoms with E-state index in [1.807, 2.05) is 0 Å². The van der Waals surface area contributed by atoms with E-state index in [9.17, 15) is 0 Å². The number of hydrogen-bond donors (Lipinski definition) is 1. The molecule has 2 fully saturated rings. The first kappa shape index (κ1) is 13.1. The molecule has 1 heterocycles. The molecule has 1 aliphatic heterocycles. The summed E-state index contributed by atoms with van der Waals surface area (Å²) < 4.78 is 5.71. The Labute approximate surface area is 116 Å². The van der Waals surface area contributed by atoms with Crippen molar-refractivity contribution in [3.8, 4) is 0 Å². The molecular formula is C17H25NO. The van der Waals surface area contributed by atoms with Crippen LogP contribution in [0.1, 0.15) is 36.0 Å². The second-order valence-corrected chi connectivity index (χ2v) is 6.63. The van der Waals surface area contributed by atoms with E-state index in [1.54, 1.807) is 0 Å². The number of rotatable bonds is 5. The Hall–Kier alpha value is -0.860. The van der Waals surface area contributed by atoms with E-state index in [0.717, 1.165) is 32.2 Å². The van der Waals surface area contributed by atoms with Gasteiger partial charge in [-0.3, -0.25) is 0 Å². The van der Waals surface area contributed by atoms with Crippen LogP contribution in [0.25, 0.3) is 0 Å². The lowest BCUT2D eigenvalue weighted by atomic mass is 9.80. The van der Waals surface area contributed by atoms with Crippen LogP contribution in [0.4, 0.5) is 0 Å². The third kappa shape index (κ3) is 3.37. The Morgan fingerprint density at radius 2 is 1.95 bits per heavy atom. The summed E-state index contributed by atoms with van der Waals surface area (Å²) in [7, 11) is 0. The average molecular weight is 259 g/mol. The van der Waals surface area contributed by atoms with Gasteiger partial charge < -0.3 is 10.1 Å². The van der Waals surface area contributed by atoms with Crippen LogP contribution in [0.15, 0.2) is 18.2 Å². The van der Waals surface area contributed by atoms with E-state index in [0.29, 0.717) is 5.41 Å². The molecule has 19 heavy (non-hydrogen) atoms. The van der Waals surface area contributed by atoms with E-state index < -0.39 is 0 Å². The highest BCUT2D eigenvalue weighted by Gasteiger charge is 2.36. The van der Waals surface area contributed by atoms with Crippen LogP contribution in [0.5, 0.6) is 0 Å². The Kier molecular flexibility index (Phi) is 3.64. The van der Waals surface area contributed by atoms with Crippen LogP contribution in [-0.4, -0.2) is 25.8 Å². The summed E-state index contributed by atoms with van der Waals surface area (Å²) in [4.78, 5) is 0. The highest BCUT2D eigenvalue weighted by Crippen LogP contribution is 2.34. The normalized spacial score (nSPS) is 26.8. The number of benzene rings is 1. The van der Waals surface area contributed by atoms with E-state index in [1.165, 1.54) is 36.0 Å². The quantitative estimate of drug-likeness (QED) is 0.877. The van der Waals surface area contributed by atoms with Gasteiger partial charge in [-0.2, -0.15) is 0 Å². The molecule has 0 aromatic heterocycles. The number of ether oxygens (including phenoxy) is 1. The van der Waals surface area contributed by atoms with Gasteiger partial charge in [-0.05, 0) is 45.1 Å². The van der Waals surface area contributed by atoms with Crippen molar-refractivity contribution in [3.63, 3.8) is 0 Å². The van der Waals surface area contributed by atoms with Gasteiger partial charge in [-0.15, -0.1) is 0 Å². The van der Waals surface area contributed by atoms with E-state index in [-0.39, 0.29) is 0 Å². The van der Waals surface area contributed by atoms with Crippen LogP contribution < -0.4 is 5.32 Å². The lowest BCUT2D eigenvalue weighted by Gasteiger charge is -2.28. The van der Waals surface area contributed by atoms with E-state index >= 15 is 0 Å². The monoisotopic (exact) mass is 259 g/mol. The maximum atomic E-state index is 5.71. The first-order valence-electron chi connectivity index (χ1n) is 7.54. The van der Waals surface area contributed by atoms with E-state index in [2.05, 4.69) is 37.4 Å². The third-order valence-electron chi connectivity index (χ3n) is 4.39. The number of nitrogens with one attached hydrogen (secondary N) is 1. The van der Waals surface area contributed by atoms with Gasteiger partial charge in [0.1, 0.15) is 0 Å². The van der Waals surface area contributed by atoms with Crippen LogP contribution >= 0.6 is 0 Å². The Bertz CT molecular complexity index is 424. The van der Waals surface area contributed by atoms with Crippen molar-refractivity contribution in [1.29, 1.82) is 0 Å². The second-order valence-electron chi connectivity index (χ2n) is 6.63. The average Bonchev–Trinajstić information content (AvgIpc) is 3.06. The van der Waals surface area contributed by atoms with Crippen LogP contribution in [0, 0.1) is 19.3 Å². The first-order chi connectivity index (χ1) is 9.15. The molecule has 1 atom stereocenters. The van der Waals surface area contributed by atoms with Crippen molar-refractivity contribution < 1.29 is 4.74 Å². The SMILES string of the molecule is Cc1cc(C)cc(CC2(CNC3CC3)CCOC2)c1. The minimum Gasteiger partial charge on any atom is -0.381 e. The minimum absolute atomic E-state index is 0.322. The fraction of sp³-hybridized carbons (Fsp3) is 0.647. The topological polar surface area (TPSA) is 21.3 Å². The van der Waals surface area contributed by atoms with Gasteiger partial charge in [0.15, 0.2) is 0 Å². The van der Waals surface area contributed by atoms with Gasteiger partial charge >= 0.3 is 0 Å². The molecule has 2 heteroatoms. The highest BCUT2D eigenvalue weighted by atomic mass is 16.5. The molecule has 0 bridgehead atoms. The predicted molar refractivity (Wildman–Crippen MR) is 78.5 cm³/mol. The molecular weight excluding hydrogens is 234 g/mol. The molecule has 0 radical (unpaired) electrons. The molecule has 1 saturated heterocycles. The van der Waals surface area contributed by atoms with Gasteiger partial charge in [0.2, 0.25) is 0 Å². The Balaban J connectivity index is 1.72. The zero-order chi connectivity index (χ0) is 13.3. The predicted octanol–water partition coefficient (Wildman–Crippen LogP) is 3.00. The highest BCUT2D eigenvalue weighted by molar-refractivity contribution is 5.29. The molecule has 1 aromatic carbocycles. The second kappa shape index (κ2) is 5.26. The molecule has 3 rings (SSSR count). The van der Waals surface area contributed by atoms with Crippen molar-refractivity contribution in [2.45, 2.75) is 45.6 Å². The summed E-state index contributed by atoms with van der Waals surface area (Å²) in [5.41, 5.74) is 4.54. The fourth-order valence-electron chi connectivity index (χ4n) is 3.24. The summed E-state index contributed by atoms with van der Waals surface area (Å²) >= 11 is 0. The Morgan fingerprint density at radius 1 is 1.21 bits per heavy atom. The molecule has 1 N–H and O–H groups in total. The van der Waals surface area contributed by atoms with Crippen molar-refractivity contribution >= 4 is 0 Å². The molecule has 0 spiro atoms. The molecule has 2 nitrogen and oxygen atoms in total. The molecule has 1 unspecified atom stereocenters. The number of hydrogen-bond acceptors (Lipinski definition) is 2. The molecule has 1 aliphatic carbocycles. The van der Waals surface area contributed by atoms with Crippen LogP contribution in [0.2, 0.25) is 0 Å². The summed E-state index contributed by atoms with van der Waals surface area (Å²) in [5.74, 6) is 0. The van der Waals surface area contributed by atoms with E-state index in [4.69, 9.17) is 4.74 Å². The van der Waals surface area contributed by atoms with Crippen LogP contribution in [0.3, 0.4) is 0 Å². The number of aryl methyl sites for hydroxylation is 2. The minimum atomic E-state index is 0.322. The third-order valence-corrected chi connectivity index (χ3v) is 4.39. The summed E-state index contributed by atoms with van der Waals surface area (Å²) in [5, 5.41) is 3.71. The first-order valence-corrected chi connectivity index (χ1v) is 7.54. The largest absolute Gasteiger partial charge is 0.381 e. The van der Waals surface area contributed by atoms with Crippen molar-refractivity contribution in [2.75, 3.05) is 19.8 Å². The zero-order valence-electron chi connectivity index (χ0n) is 12.2. The smallest absolute Gasteiger partial charge is 0.0538 e. The Morgan fingerprint density at radius 3 is 2.53 bits per heavy atom. The lowest BCUT2D eigenvalue weighted by Crippen LogP contribution is -2.37. The van der Waals surface area contributed by atoms with Crippen molar-refractivity contribution in [3.05, 3.63) is 34.9 Å². The van der Waals surface area contributed by atoms with Crippen molar-refractivity contribution in [1.82, 2.24) is 5.32 Å². The van der Waals surface area contributed by atoms with Crippen LogP contribution in [-0.2, 0) is 11.2 Å². The molecule has 1 aromatic rings. The molecule has 1 saturated carbocycles. The zero-order valence-corrected chi connectivity index (χ0v) is 12.2. The maximum absolute atomic E-state index is 5.71. The van der Waals surface area contributed by atoms with Gasteiger partial charge in [-0.25, -0.2) is 0 Å². The molecule has 0 amide bonds. The van der Waals surface area contributed by atoms with Gasteiger partial charge in [0.05, 0.1) is 6.61 Å². The van der Waals surface area contributed by atoms with Crippen molar-refractivity contribution in [2.24, 2.45) is 5.41 Å². The molecule has 2 aliphatic rings. The fourth-order valence-corrected chi connectivity index (χ4v) is 3.24. The summed E-state index contributed by atoms with van der Waals surface area (Å²) in [6.07, 6.45) is 5.07. The molecule has 104 valence electrons. The van der Waals surface area contributed by atoms with Gasteiger partial charge in [-0.1, -0.05) is 29.3 Å². The summed E-state index contributed by atoms with van der Waals surface area (Å²) in [6, 6.07) is 7.72. The van der Waals surface area contributed by atoms with Gasteiger partial charge in [0, 0.05) is 24.6 Å². The van der Waals surface area contributed by atoms with Gasteiger partial charge in [0.25, 0.3) is 0 Å². The standard InChI is InChI=1S/C17H25NO/c1-13-7-14(2)9-15(8-13)10-17(5-6-19-12-17)11-18-16-3-4-16/h7-9,16,18H,3-6,10-12H2,1-2H3.